The Morgan fingerprint density at radius 3 is 2.29 bits per heavy atom. The van der Waals surface area contributed by atoms with E-state index in [-0.39, 0.29) is 5.84 Å². The molecule has 7 nitrogen and oxygen atoms in total. The quantitative estimate of drug-likeness (QED) is 0.217. The Kier molecular flexibility index (Phi) is 3.52. The van der Waals surface area contributed by atoms with Gasteiger partial charge in [0.05, 0.1) is 6.54 Å². The minimum Gasteiger partial charge on any atom is -0.409 e. The first kappa shape index (κ1) is 10.6. The second kappa shape index (κ2) is 4.66. The van der Waals surface area contributed by atoms with Crippen molar-refractivity contribution < 1.29 is 10.0 Å². The van der Waals surface area contributed by atoms with Gasteiger partial charge in [0.15, 0.2) is 5.84 Å². The van der Waals surface area contributed by atoms with Crippen molar-refractivity contribution in [2.75, 3.05) is 32.7 Å². The van der Waals surface area contributed by atoms with Crippen molar-refractivity contribution in [3.8, 4) is 0 Å². The van der Waals surface area contributed by atoms with E-state index in [9.17, 15) is 4.79 Å². The van der Waals surface area contributed by atoms with Crippen molar-refractivity contribution in [3.63, 3.8) is 0 Å². The number of urea groups is 1. The number of nitrogens with zero attached hydrogens (tertiary/aromatic N) is 3. The lowest BCUT2D eigenvalue weighted by Crippen LogP contribution is -2.52. The van der Waals surface area contributed by atoms with E-state index in [1.807, 2.05) is 4.90 Å². The van der Waals surface area contributed by atoms with Gasteiger partial charge in [-0.1, -0.05) is 5.16 Å². The number of carbonyl (C=O) groups is 1. The van der Waals surface area contributed by atoms with Gasteiger partial charge in [0.1, 0.15) is 0 Å². The SMILES string of the molecule is NC(=O)N1CCN(C/C(N)=N/O)CC1. The van der Waals surface area contributed by atoms with Gasteiger partial charge in [0, 0.05) is 26.2 Å². The number of hydrogen-bond acceptors (Lipinski definition) is 4. The summed E-state index contributed by atoms with van der Waals surface area (Å²) in [6.45, 7) is 2.99. The van der Waals surface area contributed by atoms with Gasteiger partial charge in [0.2, 0.25) is 0 Å². The summed E-state index contributed by atoms with van der Waals surface area (Å²) in [5.41, 5.74) is 10.5. The first-order chi connectivity index (χ1) is 6.63. The number of rotatable bonds is 2. The molecule has 1 aliphatic rings. The van der Waals surface area contributed by atoms with Crippen LogP contribution < -0.4 is 11.5 Å². The third kappa shape index (κ3) is 2.77. The summed E-state index contributed by atoms with van der Waals surface area (Å²) >= 11 is 0. The average Bonchev–Trinajstić information content (AvgIpc) is 2.18. The molecule has 14 heavy (non-hydrogen) atoms. The van der Waals surface area contributed by atoms with E-state index in [0.29, 0.717) is 32.7 Å². The topological polar surface area (TPSA) is 108 Å². The van der Waals surface area contributed by atoms with E-state index in [1.54, 1.807) is 4.90 Å². The van der Waals surface area contributed by atoms with Crippen molar-refractivity contribution in [1.82, 2.24) is 9.80 Å². The molecule has 0 atom stereocenters. The highest BCUT2D eigenvalue weighted by Crippen LogP contribution is 2.00. The Morgan fingerprint density at radius 2 is 1.86 bits per heavy atom. The molecular formula is C7H15N5O2. The molecule has 0 spiro atoms. The second-order valence-electron chi connectivity index (χ2n) is 3.19. The summed E-state index contributed by atoms with van der Waals surface area (Å²) in [5, 5.41) is 11.2. The average molecular weight is 201 g/mol. The van der Waals surface area contributed by atoms with Crippen LogP contribution in [-0.4, -0.2) is 59.6 Å². The van der Waals surface area contributed by atoms with Crippen LogP contribution in [0.2, 0.25) is 0 Å². The lowest BCUT2D eigenvalue weighted by molar-refractivity contribution is 0.154. The number of carbonyl (C=O) groups excluding carboxylic acids is 1. The molecule has 1 rings (SSSR count). The zero-order valence-corrected chi connectivity index (χ0v) is 7.89. The molecule has 0 aromatic carbocycles. The standard InChI is InChI=1S/C7H15N5O2/c8-6(10-14)5-11-1-3-12(4-2-11)7(9)13/h14H,1-5H2,(H2,8,10)(H2,9,13). The molecule has 1 saturated heterocycles. The predicted molar refractivity (Wildman–Crippen MR) is 51.0 cm³/mol. The third-order valence-corrected chi connectivity index (χ3v) is 2.20. The fourth-order valence-electron chi connectivity index (χ4n) is 1.39. The molecule has 0 unspecified atom stereocenters. The molecule has 5 N–H and O–H groups in total. The molecule has 1 fully saturated rings. The molecule has 80 valence electrons. The summed E-state index contributed by atoms with van der Waals surface area (Å²) in [5.74, 6) is 0.178. The van der Waals surface area contributed by atoms with Crippen LogP contribution >= 0.6 is 0 Å². The number of piperazine rings is 1. The van der Waals surface area contributed by atoms with Crippen molar-refractivity contribution in [2.24, 2.45) is 16.6 Å². The molecule has 2 amide bonds. The van der Waals surface area contributed by atoms with Gasteiger partial charge in [-0.25, -0.2) is 4.79 Å². The summed E-state index contributed by atoms with van der Waals surface area (Å²) in [4.78, 5) is 14.3. The van der Waals surface area contributed by atoms with Crippen LogP contribution in [0.4, 0.5) is 4.79 Å². The van der Waals surface area contributed by atoms with Crippen LogP contribution in [0, 0.1) is 0 Å². The van der Waals surface area contributed by atoms with Crippen molar-refractivity contribution in [2.45, 2.75) is 0 Å². The van der Waals surface area contributed by atoms with Crippen molar-refractivity contribution >= 4 is 11.9 Å². The summed E-state index contributed by atoms with van der Waals surface area (Å²) in [7, 11) is 0. The summed E-state index contributed by atoms with van der Waals surface area (Å²) in [6.07, 6.45) is 0. The molecular weight excluding hydrogens is 186 g/mol. The lowest BCUT2D eigenvalue weighted by atomic mass is 10.3. The molecule has 1 heterocycles. The van der Waals surface area contributed by atoms with E-state index >= 15 is 0 Å². The van der Waals surface area contributed by atoms with Crippen LogP contribution in [0.15, 0.2) is 5.16 Å². The van der Waals surface area contributed by atoms with Crippen LogP contribution in [0.3, 0.4) is 0 Å². The van der Waals surface area contributed by atoms with Gasteiger partial charge in [-0.05, 0) is 0 Å². The first-order valence-corrected chi connectivity index (χ1v) is 4.36. The first-order valence-electron chi connectivity index (χ1n) is 4.36. The molecule has 1 aliphatic heterocycles. The maximum atomic E-state index is 10.8. The second-order valence-corrected chi connectivity index (χ2v) is 3.19. The zero-order valence-electron chi connectivity index (χ0n) is 7.89. The highest BCUT2D eigenvalue weighted by atomic mass is 16.4. The summed E-state index contributed by atoms with van der Waals surface area (Å²) < 4.78 is 0. The van der Waals surface area contributed by atoms with E-state index in [4.69, 9.17) is 16.7 Å². The van der Waals surface area contributed by atoms with Crippen molar-refractivity contribution in [1.29, 1.82) is 0 Å². The van der Waals surface area contributed by atoms with Gasteiger partial charge in [-0.3, -0.25) is 4.90 Å². The minimum atomic E-state index is -0.395. The maximum absolute atomic E-state index is 10.8. The van der Waals surface area contributed by atoms with Gasteiger partial charge in [-0.2, -0.15) is 0 Å². The van der Waals surface area contributed by atoms with Crippen LogP contribution in [-0.2, 0) is 0 Å². The van der Waals surface area contributed by atoms with E-state index in [2.05, 4.69) is 5.16 Å². The van der Waals surface area contributed by atoms with Gasteiger partial charge in [-0.15, -0.1) is 0 Å². The van der Waals surface area contributed by atoms with Crippen molar-refractivity contribution in [3.05, 3.63) is 0 Å². The fourth-order valence-corrected chi connectivity index (χ4v) is 1.39. The number of nitrogens with two attached hydrogens (primary N) is 2. The Bertz CT molecular complexity index is 234. The lowest BCUT2D eigenvalue weighted by Gasteiger charge is -2.33. The molecule has 0 aliphatic carbocycles. The molecule has 7 heteroatoms. The van der Waals surface area contributed by atoms with Crippen LogP contribution in [0.1, 0.15) is 0 Å². The number of primary amides is 1. The van der Waals surface area contributed by atoms with Crippen LogP contribution in [0.25, 0.3) is 0 Å². The number of hydrogen-bond donors (Lipinski definition) is 3. The normalized spacial score (nSPS) is 19.7. The number of amidine groups is 1. The Balaban J connectivity index is 2.32. The molecule has 0 bridgehead atoms. The van der Waals surface area contributed by atoms with Crippen LogP contribution in [0.5, 0.6) is 0 Å². The predicted octanol–water partition coefficient (Wildman–Crippen LogP) is -1.57. The highest BCUT2D eigenvalue weighted by molar-refractivity contribution is 5.81. The Hall–Kier alpha value is -1.50. The van der Waals surface area contributed by atoms with Gasteiger partial charge < -0.3 is 21.6 Å². The monoisotopic (exact) mass is 201 g/mol. The molecule has 0 aromatic rings. The number of oxime groups is 1. The minimum absolute atomic E-state index is 0.178. The largest absolute Gasteiger partial charge is 0.409 e. The Morgan fingerprint density at radius 1 is 1.29 bits per heavy atom. The zero-order chi connectivity index (χ0) is 10.6. The molecule has 0 radical (unpaired) electrons. The Labute approximate surface area is 81.9 Å². The van der Waals surface area contributed by atoms with E-state index in [0.717, 1.165) is 0 Å². The molecule has 0 saturated carbocycles. The third-order valence-electron chi connectivity index (χ3n) is 2.20. The molecule has 0 aromatic heterocycles. The summed E-state index contributed by atoms with van der Waals surface area (Å²) in [6, 6.07) is -0.395. The van der Waals surface area contributed by atoms with Gasteiger partial charge >= 0.3 is 6.03 Å². The van der Waals surface area contributed by atoms with E-state index < -0.39 is 6.03 Å². The van der Waals surface area contributed by atoms with E-state index in [1.165, 1.54) is 0 Å². The fraction of sp³-hybridized carbons (Fsp3) is 0.714. The highest BCUT2D eigenvalue weighted by Gasteiger charge is 2.19. The van der Waals surface area contributed by atoms with Gasteiger partial charge in [0.25, 0.3) is 0 Å². The maximum Gasteiger partial charge on any atom is 0.314 e. The smallest absolute Gasteiger partial charge is 0.314 e. The number of amides is 2.